The quantitative estimate of drug-likeness (QED) is 0.110. The Morgan fingerprint density at radius 2 is 1.22 bits per heavy atom. The summed E-state index contributed by atoms with van der Waals surface area (Å²) in [6, 6.07) is 0. The van der Waals surface area contributed by atoms with Crippen LogP contribution in [-0.2, 0) is 0 Å². The molecule has 0 aliphatic carbocycles. The van der Waals surface area contributed by atoms with Gasteiger partial charge in [0, 0.05) is 0 Å². The molecule has 4 heterocycles. The van der Waals surface area contributed by atoms with E-state index in [1.54, 1.807) is 37.2 Å². The number of rotatable bonds is 18. The van der Waals surface area contributed by atoms with Crippen LogP contribution in [0.2, 0.25) is 42.1 Å². The molecule has 0 N–H and O–H groups in total. The van der Waals surface area contributed by atoms with E-state index in [0.29, 0.717) is 0 Å². The third-order valence-corrected chi connectivity index (χ3v) is 25.0. The van der Waals surface area contributed by atoms with Crippen LogP contribution in [-0.4, -0.2) is 115 Å². The van der Waals surface area contributed by atoms with Gasteiger partial charge in [-0.3, -0.25) is 0 Å². The molecule has 9 heteroatoms. The van der Waals surface area contributed by atoms with Crippen molar-refractivity contribution in [3.8, 4) is 0 Å². The number of hydrogen-bond acceptors (Lipinski definition) is 5. The Morgan fingerprint density at radius 3 is 1.81 bits per heavy atom. The Morgan fingerprint density at radius 1 is 0.704 bits per heavy atom. The topological polar surface area (TPSA) is 0 Å². The number of hydrogen-bond donors (Lipinski definition) is 0. The first-order valence-corrected chi connectivity index (χ1v) is 24.5. The van der Waals surface area contributed by atoms with Crippen LogP contribution < -0.4 is 0 Å². The Bertz CT molecular complexity index is 430. The van der Waals surface area contributed by atoms with Gasteiger partial charge in [0.05, 0.1) is 0 Å². The average Bonchev–Trinajstić information content (AvgIpc) is 3.50. The molecule has 6 unspecified atom stereocenters. The van der Waals surface area contributed by atoms with Crippen molar-refractivity contribution < 1.29 is 0 Å². The molecule has 4 fully saturated rings. The maximum atomic E-state index is 2.45. The van der Waals surface area contributed by atoms with Gasteiger partial charge in [-0.2, -0.15) is 0 Å². The molecule has 27 heavy (non-hydrogen) atoms. The molecule has 0 amide bonds. The van der Waals surface area contributed by atoms with E-state index in [1.165, 1.54) is 28.8 Å². The molecule has 0 nitrogen and oxygen atoms in total. The van der Waals surface area contributed by atoms with Crippen LogP contribution in [0.3, 0.4) is 0 Å². The van der Waals surface area contributed by atoms with Crippen molar-refractivity contribution in [1.82, 2.24) is 0 Å². The van der Waals surface area contributed by atoms with E-state index in [4.69, 9.17) is 0 Å². The molecule has 0 aromatic heterocycles. The summed E-state index contributed by atoms with van der Waals surface area (Å²) in [5.74, 6) is 7.42. The van der Waals surface area contributed by atoms with Gasteiger partial charge >= 0.3 is 216 Å². The van der Waals surface area contributed by atoms with Crippen molar-refractivity contribution in [3.05, 3.63) is 0 Å². The molecule has 0 bridgehead atoms. The summed E-state index contributed by atoms with van der Waals surface area (Å²) in [6.07, 6.45) is 0. The summed E-state index contributed by atoms with van der Waals surface area (Å²) >= 11 is 15.1. The van der Waals surface area contributed by atoms with Crippen molar-refractivity contribution >= 4 is 119 Å². The van der Waals surface area contributed by atoms with Crippen molar-refractivity contribution in [3.63, 3.8) is 0 Å². The summed E-state index contributed by atoms with van der Waals surface area (Å²) in [7, 11) is 0. The summed E-state index contributed by atoms with van der Waals surface area (Å²) in [6.45, 7) is 0. The Hall–Kier alpha value is 3.83. The second kappa shape index (κ2) is 13.5. The van der Waals surface area contributed by atoms with Gasteiger partial charge in [0.1, 0.15) is 0 Å². The fourth-order valence-electron chi connectivity index (χ4n) is 2.52. The molecule has 0 aromatic rings. The Balaban J connectivity index is 1.20. The van der Waals surface area contributed by atoms with Crippen molar-refractivity contribution in [2.45, 2.75) is 68.3 Å². The standard InChI is InChI=1S/C18H30S5Se4/c1(2-24-7-13-3-20-13)19-17(11-25-8-14-4-21-14)18(27-10-16-6-23-16)12-26-9-15-5-22-15/h13-18H,1-12H2. The summed E-state index contributed by atoms with van der Waals surface area (Å²) < 4.78 is 0. The van der Waals surface area contributed by atoms with Crippen LogP contribution in [0, 0.1) is 0 Å². The van der Waals surface area contributed by atoms with Crippen LogP contribution in [0.15, 0.2) is 0 Å². The molecular formula is C18H30S5Se4. The summed E-state index contributed by atoms with van der Waals surface area (Å²) in [5.41, 5.74) is 0. The van der Waals surface area contributed by atoms with Gasteiger partial charge in [0.15, 0.2) is 0 Å². The van der Waals surface area contributed by atoms with Crippen molar-refractivity contribution in [2.75, 3.05) is 28.8 Å². The van der Waals surface area contributed by atoms with Gasteiger partial charge in [0.2, 0.25) is 0 Å². The molecular weight excluding hydrogens is 692 g/mol. The third-order valence-electron chi connectivity index (χ3n) is 4.56. The van der Waals surface area contributed by atoms with E-state index in [-0.39, 0.29) is 0 Å². The molecule has 4 rings (SSSR count). The SMILES string of the molecule is C(C[Se]CC1CS1)SC(C[Se]CC1CS1)C(C[Se]CC1CS1)[Se]CC1CS1. The first-order chi connectivity index (χ1) is 13.4. The predicted octanol–water partition coefficient (Wildman–Crippen LogP) is 5.08. The van der Waals surface area contributed by atoms with Gasteiger partial charge in [-0.1, -0.05) is 0 Å². The number of thioether (sulfide) groups is 5. The Kier molecular flexibility index (Phi) is 12.0. The van der Waals surface area contributed by atoms with Crippen molar-refractivity contribution in [2.24, 2.45) is 0 Å². The zero-order valence-corrected chi connectivity index (χ0v) is 26.6. The van der Waals surface area contributed by atoms with E-state index in [1.807, 2.05) is 0 Å². The minimum absolute atomic E-state index is 0.934. The van der Waals surface area contributed by atoms with Crippen LogP contribution in [0.1, 0.15) is 0 Å². The van der Waals surface area contributed by atoms with Crippen LogP contribution in [0.4, 0.5) is 0 Å². The van der Waals surface area contributed by atoms with Crippen LogP contribution in [0.5, 0.6) is 0 Å². The van der Waals surface area contributed by atoms with Gasteiger partial charge in [-0.15, -0.1) is 0 Å². The van der Waals surface area contributed by atoms with Crippen LogP contribution >= 0.6 is 58.8 Å². The second-order valence-electron chi connectivity index (χ2n) is 7.25. The first-order valence-electron chi connectivity index (χ1n) is 9.79. The normalized spacial score (nSPS) is 32.9. The molecule has 0 aromatic carbocycles. The maximum absolute atomic E-state index is 2.45. The fraction of sp³-hybridized carbons (Fsp3) is 1.00. The molecule has 6 atom stereocenters. The van der Waals surface area contributed by atoms with Gasteiger partial charge in [0.25, 0.3) is 0 Å². The zero-order chi connectivity index (χ0) is 18.3. The molecule has 4 aliphatic rings. The van der Waals surface area contributed by atoms with E-state index in [9.17, 15) is 0 Å². The van der Waals surface area contributed by atoms with Gasteiger partial charge < -0.3 is 0 Å². The fourth-order valence-corrected chi connectivity index (χ4v) is 24.2. The minimum atomic E-state index is 0.934. The molecule has 156 valence electrons. The van der Waals surface area contributed by atoms with E-state index in [0.717, 1.165) is 90.9 Å². The molecule has 4 aliphatic heterocycles. The monoisotopic (exact) mass is 726 g/mol. The van der Waals surface area contributed by atoms with E-state index in [2.05, 4.69) is 58.8 Å². The second-order valence-corrected chi connectivity index (χ2v) is 23.5. The third kappa shape index (κ3) is 11.5. The zero-order valence-electron chi connectivity index (χ0n) is 15.6. The summed E-state index contributed by atoms with van der Waals surface area (Å²) in [4.78, 5) is 1.13. The van der Waals surface area contributed by atoms with Gasteiger partial charge in [-0.05, 0) is 0 Å². The van der Waals surface area contributed by atoms with Crippen LogP contribution in [0.25, 0.3) is 0 Å². The van der Waals surface area contributed by atoms with E-state index >= 15 is 0 Å². The molecule has 0 saturated carbocycles. The molecule has 0 radical (unpaired) electrons. The Labute approximate surface area is 213 Å². The molecule has 4 saturated heterocycles. The van der Waals surface area contributed by atoms with Crippen molar-refractivity contribution in [1.29, 1.82) is 0 Å². The van der Waals surface area contributed by atoms with E-state index < -0.39 is 0 Å². The average molecular weight is 723 g/mol. The predicted molar refractivity (Wildman–Crippen MR) is 142 cm³/mol. The van der Waals surface area contributed by atoms with Gasteiger partial charge in [-0.25, -0.2) is 0 Å². The molecule has 0 spiro atoms. The summed E-state index contributed by atoms with van der Waals surface area (Å²) in [5, 5.41) is 16.5. The first kappa shape index (κ1) is 24.0.